The van der Waals surface area contributed by atoms with Crippen LogP contribution < -0.4 is 5.32 Å². The summed E-state index contributed by atoms with van der Waals surface area (Å²) in [7, 11) is 0. The molecule has 2 N–H and O–H groups in total. The van der Waals surface area contributed by atoms with Gasteiger partial charge in [0.1, 0.15) is 0 Å². The van der Waals surface area contributed by atoms with E-state index in [0.29, 0.717) is 17.8 Å². The van der Waals surface area contributed by atoms with Crippen LogP contribution in [0.25, 0.3) is 6.08 Å². The fourth-order valence-electron chi connectivity index (χ4n) is 1.46. The first-order valence-electron chi connectivity index (χ1n) is 5.82. The van der Waals surface area contributed by atoms with E-state index >= 15 is 0 Å². The molecule has 20 heavy (non-hydrogen) atoms. The number of rotatable bonds is 6. The highest BCUT2D eigenvalue weighted by Crippen LogP contribution is 2.17. The number of carboxylic acids is 1. The lowest BCUT2D eigenvalue weighted by atomic mass is 10.3. The van der Waals surface area contributed by atoms with E-state index in [0.717, 1.165) is 16.0 Å². The van der Waals surface area contributed by atoms with Crippen molar-refractivity contribution in [3.63, 3.8) is 0 Å². The van der Waals surface area contributed by atoms with Crippen molar-refractivity contribution < 1.29 is 14.7 Å². The third-order valence-corrected chi connectivity index (χ3v) is 4.24. The molecule has 0 spiro atoms. The van der Waals surface area contributed by atoms with Crippen molar-refractivity contribution in [2.45, 2.75) is 6.42 Å². The summed E-state index contributed by atoms with van der Waals surface area (Å²) in [5.41, 5.74) is 0. The molecule has 0 radical (unpaired) electrons. The lowest BCUT2D eigenvalue weighted by molar-refractivity contribution is -0.131. The number of aromatic nitrogens is 1. The van der Waals surface area contributed by atoms with Crippen LogP contribution in [0.15, 0.2) is 29.8 Å². The van der Waals surface area contributed by atoms with E-state index in [9.17, 15) is 9.59 Å². The molecule has 0 fully saturated rings. The van der Waals surface area contributed by atoms with Gasteiger partial charge in [-0.3, -0.25) is 4.79 Å². The van der Waals surface area contributed by atoms with E-state index in [2.05, 4.69) is 10.3 Å². The van der Waals surface area contributed by atoms with Crippen LogP contribution >= 0.6 is 22.7 Å². The summed E-state index contributed by atoms with van der Waals surface area (Å²) in [6.45, 7) is 0.532. The number of hydrogen-bond donors (Lipinski definition) is 2. The number of amides is 1. The topological polar surface area (TPSA) is 79.3 Å². The average molecular weight is 308 g/mol. The van der Waals surface area contributed by atoms with Gasteiger partial charge in [0.25, 0.3) is 5.91 Å². The molecule has 0 aliphatic heterocycles. The molecule has 0 saturated carbocycles. The van der Waals surface area contributed by atoms with Crippen LogP contribution in [0.2, 0.25) is 0 Å². The van der Waals surface area contributed by atoms with E-state index in [1.54, 1.807) is 29.7 Å². The summed E-state index contributed by atoms with van der Waals surface area (Å²) < 4.78 is 0. The monoisotopic (exact) mass is 308 g/mol. The van der Waals surface area contributed by atoms with Gasteiger partial charge in [0.2, 0.25) is 0 Å². The zero-order chi connectivity index (χ0) is 14.4. The first-order valence-corrected chi connectivity index (χ1v) is 7.52. The van der Waals surface area contributed by atoms with E-state index < -0.39 is 5.97 Å². The second-order valence-corrected chi connectivity index (χ2v) is 5.90. The first-order chi connectivity index (χ1) is 9.65. The molecule has 0 aromatic carbocycles. The number of aliphatic carboxylic acids is 1. The largest absolute Gasteiger partial charge is 0.478 e. The van der Waals surface area contributed by atoms with Gasteiger partial charge in [-0.05, 0) is 18.2 Å². The van der Waals surface area contributed by atoms with E-state index in [4.69, 9.17) is 5.11 Å². The Bertz CT molecular complexity index is 617. The van der Waals surface area contributed by atoms with Gasteiger partial charge in [-0.1, -0.05) is 0 Å². The molecule has 0 aliphatic rings. The van der Waals surface area contributed by atoms with Gasteiger partial charge in [0.15, 0.2) is 0 Å². The molecule has 2 heterocycles. The molecule has 0 atom stereocenters. The molecule has 104 valence electrons. The Labute approximate surface area is 123 Å². The molecule has 1 amide bonds. The van der Waals surface area contributed by atoms with Gasteiger partial charge in [-0.15, -0.1) is 22.7 Å². The second kappa shape index (κ2) is 6.97. The van der Waals surface area contributed by atoms with Crippen molar-refractivity contribution in [1.29, 1.82) is 0 Å². The molecular formula is C13H12N2O3S2. The molecule has 7 heteroatoms. The van der Waals surface area contributed by atoms with Crippen LogP contribution in [-0.4, -0.2) is 28.5 Å². The lowest BCUT2D eigenvalue weighted by Gasteiger charge is -2.01. The maximum absolute atomic E-state index is 11.9. The van der Waals surface area contributed by atoms with Crippen molar-refractivity contribution in [1.82, 2.24) is 10.3 Å². The highest BCUT2D eigenvalue weighted by atomic mass is 32.1. The fraction of sp³-hybridized carbons (Fsp3) is 0.154. The Morgan fingerprint density at radius 3 is 2.95 bits per heavy atom. The number of thiazole rings is 1. The van der Waals surface area contributed by atoms with Crippen LogP contribution in [0, 0.1) is 0 Å². The summed E-state index contributed by atoms with van der Waals surface area (Å²) >= 11 is 2.81. The molecular weight excluding hydrogens is 296 g/mol. The van der Waals surface area contributed by atoms with Crippen LogP contribution in [0.5, 0.6) is 0 Å². The van der Waals surface area contributed by atoms with E-state index in [-0.39, 0.29) is 5.91 Å². The molecule has 0 unspecified atom stereocenters. The highest BCUT2D eigenvalue weighted by Gasteiger charge is 2.08. The molecule has 0 bridgehead atoms. The van der Waals surface area contributed by atoms with Crippen LogP contribution in [0.4, 0.5) is 0 Å². The minimum atomic E-state index is -1.01. The number of nitrogens with one attached hydrogen (secondary N) is 1. The Balaban J connectivity index is 1.84. The van der Waals surface area contributed by atoms with Crippen molar-refractivity contribution in [2.75, 3.05) is 6.54 Å². The van der Waals surface area contributed by atoms with Gasteiger partial charge in [0.05, 0.1) is 9.88 Å². The lowest BCUT2D eigenvalue weighted by Crippen LogP contribution is -2.24. The summed E-state index contributed by atoms with van der Waals surface area (Å²) in [4.78, 5) is 27.7. The summed E-state index contributed by atoms with van der Waals surface area (Å²) in [5.74, 6) is -1.16. The maximum atomic E-state index is 11.9. The average Bonchev–Trinajstić information content (AvgIpc) is 3.07. The Kier molecular flexibility index (Phi) is 5.03. The molecule has 2 aromatic rings. The van der Waals surface area contributed by atoms with Crippen LogP contribution in [0.1, 0.15) is 19.6 Å². The summed E-state index contributed by atoms with van der Waals surface area (Å²) in [5, 5.41) is 14.2. The summed E-state index contributed by atoms with van der Waals surface area (Å²) in [6.07, 6.45) is 4.97. The fourth-order valence-corrected chi connectivity index (χ4v) is 2.91. The van der Waals surface area contributed by atoms with Gasteiger partial charge in [-0.2, -0.15) is 0 Å². The molecule has 2 rings (SSSR count). The van der Waals surface area contributed by atoms with Gasteiger partial charge < -0.3 is 10.4 Å². The number of carboxylic acid groups (broad SMARTS) is 1. The molecule has 5 nitrogen and oxygen atoms in total. The normalized spacial score (nSPS) is 10.8. The predicted molar refractivity (Wildman–Crippen MR) is 79.1 cm³/mol. The van der Waals surface area contributed by atoms with Crippen LogP contribution in [-0.2, 0) is 11.2 Å². The smallest absolute Gasteiger partial charge is 0.328 e. The van der Waals surface area contributed by atoms with Crippen LogP contribution in [0.3, 0.4) is 0 Å². The SMILES string of the molecule is O=C(O)C=Cc1ccc(C(=O)NCCc2nccs2)s1. The zero-order valence-corrected chi connectivity index (χ0v) is 12.0. The number of carbonyl (C=O) groups excluding carboxylic acids is 1. The zero-order valence-electron chi connectivity index (χ0n) is 10.4. The number of thiophene rings is 1. The summed E-state index contributed by atoms with van der Waals surface area (Å²) in [6, 6.07) is 3.41. The van der Waals surface area contributed by atoms with Crippen molar-refractivity contribution >= 4 is 40.6 Å². The quantitative estimate of drug-likeness (QED) is 0.802. The maximum Gasteiger partial charge on any atom is 0.328 e. The first kappa shape index (κ1) is 14.4. The Morgan fingerprint density at radius 1 is 1.40 bits per heavy atom. The van der Waals surface area contributed by atoms with E-state index in [1.807, 2.05) is 5.38 Å². The Morgan fingerprint density at radius 2 is 2.25 bits per heavy atom. The number of hydrogen-bond acceptors (Lipinski definition) is 5. The minimum Gasteiger partial charge on any atom is -0.478 e. The van der Waals surface area contributed by atoms with Crippen molar-refractivity contribution in [3.8, 4) is 0 Å². The third kappa shape index (κ3) is 4.29. The standard InChI is InChI=1S/C13H12N2O3S2/c16-12(17)4-2-9-1-3-10(20-9)13(18)15-6-5-11-14-7-8-19-11/h1-4,7-8H,5-6H2,(H,15,18)(H,16,17). The second-order valence-electron chi connectivity index (χ2n) is 3.81. The molecule has 0 saturated heterocycles. The van der Waals surface area contributed by atoms with Gasteiger partial charge in [-0.25, -0.2) is 9.78 Å². The minimum absolute atomic E-state index is 0.151. The number of carbonyl (C=O) groups is 2. The van der Waals surface area contributed by atoms with Gasteiger partial charge in [0, 0.05) is 35.5 Å². The molecule has 2 aromatic heterocycles. The van der Waals surface area contributed by atoms with Crippen molar-refractivity contribution in [2.24, 2.45) is 0 Å². The van der Waals surface area contributed by atoms with Gasteiger partial charge >= 0.3 is 5.97 Å². The number of nitrogens with zero attached hydrogens (tertiary/aromatic N) is 1. The predicted octanol–water partition coefficient (Wildman–Crippen LogP) is 2.27. The van der Waals surface area contributed by atoms with E-state index in [1.165, 1.54) is 17.4 Å². The third-order valence-electron chi connectivity index (χ3n) is 2.35. The Hall–Kier alpha value is -1.99. The van der Waals surface area contributed by atoms with Crippen molar-refractivity contribution in [3.05, 3.63) is 44.5 Å². The molecule has 0 aliphatic carbocycles. The highest BCUT2D eigenvalue weighted by molar-refractivity contribution is 7.14.